The number of thiophene rings is 1. The fourth-order valence-corrected chi connectivity index (χ4v) is 5.74. The van der Waals surface area contributed by atoms with Crippen molar-refractivity contribution >= 4 is 39.8 Å². The molecule has 184 valence electrons. The second-order valence-electron chi connectivity index (χ2n) is 8.95. The molecule has 3 aromatic rings. The second kappa shape index (κ2) is 11.9. The molecular weight excluding hydrogens is 484 g/mol. The van der Waals surface area contributed by atoms with Crippen molar-refractivity contribution in [3.8, 4) is 17.6 Å². The molecule has 0 saturated carbocycles. The molecule has 2 N–H and O–H groups in total. The Bertz CT molecular complexity index is 1220. The van der Waals surface area contributed by atoms with Gasteiger partial charge < -0.3 is 14.9 Å². The third-order valence-electron chi connectivity index (χ3n) is 6.68. The number of piperidine rings is 1. The number of carbonyl (C=O) groups is 1. The number of benzene rings is 1. The van der Waals surface area contributed by atoms with E-state index in [1.807, 2.05) is 35.0 Å². The molecule has 6 nitrogen and oxygen atoms in total. The molecule has 0 radical (unpaired) electrons. The molecular formula is C27H29ClN2O4S. The van der Waals surface area contributed by atoms with Crippen molar-refractivity contribution < 1.29 is 19.7 Å². The molecule has 0 bridgehead atoms. The number of hydrogen-bond acceptors (Lipinski definition) is 6. The summed E-state index contributed by atoms with van der Waals surface area (Å²) >= 11 is 8.08. The van der Waals surface area contributed by atoms with Crippen molar-refractivity contribution in [2.24, 2.45) is 11.8 Å². The Morgan fingerprint density at radius 3 is 2.97 bits per heavy atom. The van der Waals surface area contributed by atoms with Gasteiger partial charge in [0.05, 0.1) is 30.3 Å². The average molecular weight is 513 g/mol. The first-order valence-corrected chi connectivity index (χ1v) is 13.0. The zero-order chi connectivity index (χ0) is 24.8. The summed E-state index contributed by atoms with van der Waals surface area (Å²) < 4.78 is 5.34. The van der Waals surface area contributed by atoms with Crippen LogP contribution in [0.4, 0.5) is 0 Å². The van der Waals surface area contributed by atoms with Crippen LogP contribution >= 0.6 is 22.9 Å². The Morgan fingerprint density at radius 1 is 1.37 bits per heavy atom. The largest absolute Gasteiger partial charge is 0.497 e. The van der Waals surface area contributed by atoms with Crippen LogP contribution in [0.1, 0.15) is 42.9 Å². The maximum Gasteiger partial charge on any atom is 0.303 e. The average Bonchev–Trinajstić information content (AvgIpc) is 3.36. The monoisotopic (exact) mass is 512 g/mol. The summed E-state index contributed by atoms with van der Waals surface area (Å²) in [7, 11) is 1.60. The van der Waals surface area contributed by atoms with Gasteiger partial charge in [-0.25, -0.2) is 0 Å². The zero-order valence-corrected chi connectivity index (χ0v) is 21.2. The minimum atomic E-state index is -0.790. The van der Waals surface area contributed by atoms with E-state index < -0.39 is 12.1 Å². The molecule has 1 aliphatic rings. The lowest BCUT2D eigenvalue weighted by atomic mass is 9.79. The number of aromatic nitrogens is 1. The van der Waals surface area contributed by atoms with Gasteiger partial charge in [0, 0.05) is 41.1 Å². The fourth-order valence-electron chi connectivity index (χ4n) is 4.87. The maximum atomic E-state index is 11.6. The van der Waals surface area contributed by atoms with Gasteiger partial charge in [-0.2, -0.15) is 11.3 Å². The zero-order valence-electron chi connectivity index (χ0n) is 19.6. The molecule has 8 heteroatoms. The maximum absolute atomic E-state index is 11.6. The van der Waals surface area contributed by atoms with Crippen LogP contribution in [0.3, 0.4) is 0 Å². The summed E-state index contributed by atoms with van der Waals surface area (Å²) in [5.41, 5.74) is 2.40. The molecule has 3 atom stereocenters. The van der Waals surface area contributed by atoms with E-state index in [1.165, 1.54) is 0 Å². The molecule has 0 unspecified atom stereocenters. The number of aliphatic hydroxyl groups excluding tert-OH is 1. The molecule has 2 aromatic heterocycles. The van der Waals surface area contributed by atoms with Crippen molar-refractivity contribution in [2.45, 2.75) is 31.8 Å². The summed E-state index contributed by atoms with van der Waals surface area (Å²) in [6.45, 7) is 2.19. The standard InChI is InChI=1S/C27H29ClN2O4S/c1-34-21-5-6-24-22(14-21)27(23(28)15-29-24)25(31)7-4-19-8-11-30(16-20(19)13-26(32)33)10-2-3-18-9-12-35-17-18/h5-6,9,12,14-15,17,19-20,25,31H,4,7-8,10-11,13,16H2,1H3,(H,32,33)/t19-,20-,25+/m1/s1. The summed E-state index contributed by atoms with van der Waals surface area (Å²) in [6.07, 6.45) is 3.00. The molecule has 3 heterocycles. The number of ether oxygens (including phenoxy) is 1. The number of methoxy groups -OCH3 is 1. The molecule has 4 rings (SSSR count). The van der Waals surface area contributed by atoms with Crippen molar-refractivity contribution in [2.75, 3.05) is 26.7 Å². The quantitative estimate of drug-likeness (QED) is 0.402. The smallest absolute Gasteiger partial charge is 0.303 e. The summed E-state index contributed by atoms with van der Waals surface area (Å²) in [6, 6.07) is 7.52. The minimum Gasteiger partial charge on any atom is -0.497 e. The number of fused-ring (bicyclic) bond motifs is 1. The minimum absolute atomic E-state index is 0.0150. The van der Waals surface area contributed by atoms with E-state index in [-0.39, 0.29) is 18.3 Å². The first-order chi connectivity index (χ1) is 16.9. The van der Waals surface area contributed by atoms with E-state index in [0.717, 1.165) is 35.9 Å². The number of pyridine rings is 1. The van der Waals surface area contributed by atoms with Crippen molar-refractivity contribution in [3.05, 3.63) is 57.4 Å². The Kier molecular flexibility index (Phi) is 8.64. The highest BCUT2D eigenvalue weighted by molar-refractivity contribution is 7.08. The number of rotatable bonds is 8. The van der Waals surface area contributed by atoms with Crippen LogP contribution < -0.4 is 4.74 Å². The second-order valence-corrected chi connectivity index (χ2v) is 10.1. The highest BCUT2D eigenvalue weighted by Crippen LogP contribution is 2.37. The normalized spacial score (nSPS) is 19.2. The number of nitrogens with zero attached hydrogens (tertiary/aromatic N) is 2. The summed E-state index contributed by atoms with van der Waals surface area (Å²) in [4.78, 5) is 18.2. The predicted octanol–water partition coefficient (Wildman–Crippen LogP) is 5.24. The van der Waals surface area contributed by atoms with Gasteiger partial charge in [-0.3, -0.25) is 14.7 Å². The van der Waals surface area contributed by atoms with Gasteiger partial charge in [-0.05, 0) is 67.3 Å². The van der Waals surface area contributed by atoms with E-state index >= 15 is 0 Å². The lowest BCUT2D eigenvalue weighted by Crippen LogP contribution is -2.41. The third-order valence-corrected chi connectivity index (χ3v) is 7.67. The molecule has 1 fully saturated rings. The molecule has 1 aliphatic heterocycles. The number of carboxylic acid groups (broad SMARTS) is 1. The molecule has 0 amide bonds. The van der Waals surface area contributed by atoms with E-state index in [9.17, 15) is 15.0 Å². The Labute approximate surface area is 214 Å². The van der Waals surface area contributed by atoms with Gasteiger partial charge in [0.1, 0.15) is 5.75 Å². The molecule has 0 aliphatic carbocycles. The number of aliphatic carboxylic acids is 1. The number of carboxylic acids is 1. The lowest BCUT2D eigenvalue weighted by molar-refractivity contribution is -0.139. The Balaban J connectivity index is 1.42. The van der Waals surface area contributed by atoms with Crippen molar-refractivity contribution in [3.63, 3.8) is 0 Å². The van der Waals surface area contributed by atoms with E-state index in [2.05, 4.69) is 21.7 Å². The molecule has 35 heavy (non-hydrogen) atoms. The fraction of sp³-hybridized carbons (Fsp3) is 0.407. The molecule has 0 spiro atoms. The Morgan fingerprint density at radius 2 is 2.23 bits per heavy atom. The van der Waals surface area contributed by atoms with Crippen LogP contribution in [0.2, 0.25) is 5.02 Å². The van der Waals surface area contributed by atoms with Crippen LogP contribution in [0.25, 0.3) is 10.9 Å². The highest BCUT2D eigenvalue weighted by Gasteiger charge is 2.31. The molecule has 1 saturated heterocycles. The highest BCUT2D eigenvalue weighted by atomic mass is 35.5. The SMILES string of the molecule is COc1ccc2ncc(Cl)c([C@@H](O)CC[C@@H]3CCN(CC#Cc4ccsc4)C[C@H]3CC(=O)O)c2c1. The van der Waals surface area contributed by atoms with E-state index in [1.54, 1.807) is 24.6 Å². The first kappa shape index (κ1) is 25.5. The number of aliphatic hydroxyl groups is 1. The van der Waals surface area contributed by atoms with Gasteiger partial charge in [-0.1, -0.05) is 23.4 Å². The van der Waals surface area contributed by atoms with Crippen LogP contribution in [-0.4, -0.2) is 52.8 Å². The van der Waals surface area contributed by atoms with Crippen LogP contribution in [-0.2, 0) is 4.79 Å². The number of hydrogen-bond donors (Lipinski definition) is 2. The van der Waals surface area contributed by atoms with Gasteiger partial charge in [0.2, 0.25) is 0 Å². The van der Waals surface area contributed by atoms with Crippen LogP contribution in [0, 0.1) is 23.7 Å². The van der Waals surface area contributed by atoms with E-state index in [4.69, 9.17) is 16.3 Å². The topological polar surface area (TPSA) is 82.9 Å². The van der Waals surface area contributed by atoms with Crippen molar-refractivity contribution in [1.82, 2.24) is 9.88 Å². The van der Waals surface area contributed by atoms with Gasteiger partial charge in [-0.15, -0.1) is 0 Å². The van der Waals surface area contributed by atoms with E-state index in [0.29, 0.717) is 35.8 Å². The third kappa shape index (κ3) is 6.53. The van der Waals surface area contributed by atoms with Crippen LogP contribution in [0.15, 0.2) is 41.2 Å². The lowest BCUT2D eigenvalue weighted by Gasteiger charge is -2.37. The number of likely N-dealkylation sites (tertiary alicyclic amines) is 1. The van der Waals surface area contributed by atoms with Crippen LogP contribution in [0.5, 0.6) is 5.75 Å². The van der Waals surface area contributed by atoms with Gasteiger partial charge in [0.15, 0.2) is 0 Å². The van der Waals surface area contributed by atoms with Gasteiger partial charge in [0.25, 0.3) is 0 Å². The predicted molar refractivity (Wildman–Crippen MR) is 139 cm³/mol. The van der Waals surface area contributed by atoms with Crippen molar-refractivity contribution in [1.29, 1.82) is 0 Å². The van der Waals surface area contributed by atoms with Gasteiger partial charge >= 0.3 is 5.97 Å². The summed E-state index contributed by atoms with van der Waals surface area (Å²) in [5, 5.41) is 25.8. The Hall–Kier alpha value is -2.63. The first-order valence-electron chi connectivity index (χ1n) is 11.7. The molecule has 1 aromatic carbocycles. The number of halogens is 1. The summed E-state index contributed by atoms with van der Waals surface area (Å²) in [5.74, 6) is 6.49.